The van der Waals surface area contributed by atoms with Crippen molar-refractivity contribution >= 4 is 22.0 Å². The van der Waals surface area contributed by atoms with Crippen molar-refractivity contribution in [2.45, 2.75) is 13.0 Å². The van der Waals surface area contributed by atoms with Crippen molar-refractivity contribution in [2.24, 2.45) is 5.73 Å². The SMILES string of the molecule is NCCCNC(=O)NCc1cccc(Br)c1. The topological polar surface area (TPSA) is 67.1 Å². The quantitative estimate of drug-likeness (QED) is 0.720. The van der Waals surface area contributed by atoms with Crippen LogP contribution in [0.5, 0.6) is 0 Å². The second-order valence-corrected chi connectivity index (χ2v) is 4.30. The van der Waals surface area contributed by atoms with Crippen molar-refractivity contribution in [2.75, 3.05) is 13.1 Å². The molecule has 1 rings (SSSR count). The van der Waals surface area contributed by atoms with E-state index in [1.807, 2.05) is 24.3 Å². The summed E-state index contributed by atoms with van der Waals surface area (Å²) < 4.78 is 1.01. The van der Waals surface area contributed by atoms with Crippen LogP contribution in [0.4, 0.5) is 4.79 Å². The van der Waals surface area contributed by atoms with Gasteiger partial charge in [-0.3, -0.25) is 0 Å². The lowest BCUT2D eigenvalue weighted by atomic mass is 10.2. The molecule has 0 aromatic heterocycles. The number of hydrogen-bond donors (Lipinski definition) is 3. The lowest BCUT2D eigenvalue weighted by molar-refractivity contribution is 0.240. The molecule has 16 heavy (non-hydrogen) atoms. The molecule has 0 radical (unpaired) electrons. The summed E-state index contributed by atoms with van der Waals surface area (Å²) in [5.41, 5.74) is 6.38. The van der Waals surface area contributed by atoms with E-state index in [0.717, 1.165) is 16.5 Å². The molecule has 0 unspecified atom stereocenters. The van der Waals surface area contributed by atoms with E-state index in [9.17, 15) is 4.79 Å². The Morgan fingerprint density at radius 1 is 1.38 bits per heavy atom. The van der Waals surface area contributed by atoms with Crippen molar-refractivity contribution in [1.82, 2.24) is 10.6 Å². The van der Waals surface area contributed by atoms with Crippen LogP contribution >= 0.6 is 15.9 Å². The number of halogens is 1. The van der Waals surface area contributed by atoms with Crippen LogP contribution in [0.3, 0.4) is 0 Å². The molecule has 0 saturated heterocycles. The zero-order valence-corrected chi connectivity index (χ0v) is 10.6. The van der Waals surface area contributed by atoms with E-state index >= 15 is 0 Å². The summed E-state index contributed by atoms with van der Waals surface area (Å²) in [5, 5.41) is 5.50. The van der Waals surface area contributed by atoms with Gasteiger partial charge in [-0.2, -0.15) is 0 Å². The monoisotopic (exact) mass is 285 g/mol. The lowest BCUT2D eigenvalue weighted by Gasteiger charge is -2.07. The fourth-order valence-electron chi connectivity index (χ4n) is 1.20. The van der Waals surface area contributed by atoms with E-state index in [2.05, 4.69) is 26.6 Å². The van der Waals surface area contributed by atoms with Gasteiger partial charge in [0, 0.05) is 17.6 Å². The van der Waals surface area contributed by atoms with Gasteiger partial charge in [-0.25, -0.2) is 4.79 Å². The first kappa shape index (κ1) is 13.0. The van der Waals surface area contributed by atoms with Gasteiger partial charge < -0.3 is 16.4 Å². The first-order valence-electron chi connectivity index (χ1n) is 5.18. The molecule has 0 heterocycles. The maximum Gasteiger partial charge on any atom is 0.315 e. The van der Waals surface area contributed by atoms with Crippen LogP contribution in [0.15, 0.2) is 28.7 Å². The molecular weight excluding hydrogens is 270 g/mol. The summed E-state index contributed by atoms with van der Waals surface area (Å²) in [4.78, 5) is 11.3. The highest BCUT2D eigenvalue weighted by molar-refractivity contribution is 9.10. The fourth-order valence-corrected chi connectivity index (χ4v) is 1.64. The van der Waals surface area contributed by atoms with Crippen LogP contribution in [0.1, 0.15) is 12.0 Å². The van der Waals surface area contributed by atoms with Crippen molar-refractivity contribution < 1.29 is 4.79 Å². The molecule has 0 aliphatic heterocycles. The van der Waals surface area contributed by atoms with Gasteiger partial charge in [0.15, 0.2) is 0 Å². The molecule has 5 heteroatoms. The molecule has 0 fully saturated rings. The number of benzene rings is 1. The summed E-state index contributed by atoms with van der Waals surface area (Å²) in [6.45, 7) is 1.72. The number of nitrogens with two attached hydrogens (primary N) is 1. The van der Waals surface area contributed by atoms with Crippen LogP contribution in [-0.2, 0) is 6.54 Å². The van der Waals surface area contributed by atoms with Gasteiger partial charge in [0.05, 0.1) is 0 Å². The first-order valence-corrected chi connectivity index (χ1v) is 5.98. The van der Waals surface area contributed by atoms with Crippen molar-refractivity contribution in [3.63, 3.8) is 0 Å². The average Bonchev–Trinajstić information content (AvgIpc) is 2.27. The highest BCUT2D eigenvalue weighted by atomic mass is 79.9. The summed E-state index contributed by atoms with van der Waals surface area (Å²) in [5.74, 6) is 0. The zero-order chi connectivity index (χ0) is 11.8. The number of urea groups is 1. The molecule has 1 aromatic carbocycles. The van der Waals surface area contributed by atoms with E-state index in [1.165, 1.54) is 0 Å². The smallest absolute Gasteiger partial charge is 0.315 e. The van der Waals surface area contributed by atoms with Gasteiger partial charge in [0.25, 0.3) is 0 Å². The van der Waals surface area contributed by atoms with E-state index in [1.54, 1.807) is 0 Å². The summed E-state index contributed by atoms with van der Waals surface area (Å²) in [6, 6.07) is 7.66. The Bertz CT molecular complexity index is 344. The third kappa shape index (κ3) is 5.14. The largest absolute Gasteiger partial charge is 0.338 e. The molecule has 0 bridgehead atoms. The highest BCUT2D eigenvalue weighted by Crippen LogP contribution is 2.11. The van der Waals surface area contributed by atoms with Gasteiger partial charge in [0.1, 0.15) is 0 Å². The van der Waals surface area contributed by atoms with Gasteiger partial charge in [-0.1, -0.05) is 28.1 Å². The number of amides is 2. The van der Waals surface area contributed by atoms with Crippen molar-refractivity contribution in [3.05, 3.63) is 34.3 Å². The Morgan fingerprint density at radius 2 is 2.19 bits per heavy atom. The minimum absolute atomic E-state index is 0.159. The maximum absolute atomic E-state index is 11.3. The zero-order valence-electron chi connectivity index (χ0n) is 9.00. The minimum atomic E-state index is -0.159. The van der Waals surface area contributed by atoms with Crippen molar-refractivity contribution in [3.8, 4) is 0 Å². The second-order valence-electron chi connectivity index (χ2n) is 3.38. The predicted molar refractivity (Wildman–Crippen MR) is 68.1 cm³/mol. The number of nitrogens with one attached hydrogen (secondary N) is 2. The van der Waals surface area contributed by atoms with Gasteiger partial charge >= 0.3 is 6.03 Å². The number of rotatable bonds is 5. The fraction of sp³-hybridized carbons (Fsp3) is 0.364. The van der Waals surface area contributed by atoms with Crippen molar-refractivity contribution in [1.29, 1.82) is 0 Å². The van der Waals surface area contributed by atoms with E-state index < -0.39 is 0 Å². The maximum atomic E-state index is 11.3. The molecule has 4 N–H and O–H groups in total. The normalized spacial score (nSPS) is 9.88. The molecule has 2 amide bonds. The van der Waals surface area contributed by atoms with Crippen LogP contribution < -0.4 is 16.4 Å². The molecule has 0 aliphatic rings. The summed E-state index contributed by atoms with van der Waals surface area (Å²) in [7, 11) is 0. The summed E-state index contributed by atoms with van der Waals surface area (Å²) in [6.07, 6.45) is 0.796. The Kier molecular flexibility index (Phi) is 5.88. The number of carbonyl (C=O) groups excluding carboxylic acids is 1. The minimum Gasteiger partial charge on any atom is -0.338 e. The molecule has 4 nitrogen and oxygen atoms in total. The average molecular weight is 286 g/mol. The first-order chi connectivity index (χ1) is 7.72. The lowest BCUT2D eigenvalue weighted by Crippen LogP contribution is -2.36. The number of hydrogen-bond acceptors (Lipinski definition) is 2. The van der Waals surface area contributed by atoms with Crippen LogP contribution in [0.2, 0.25) is 0 Å². The molecule has 0 saturated carbocycles. The Labute approximate surface area is 104 Å². The molecule has 1 aromatic rings. The van der Waals surface area contributed by atoms with E-state index in [0.29, 0.717) is 19.6 Å². The van der Waals surface area contributed by atoms with E-state index in [4.69, 9.17) is 5.73 Å². The standard InChI is InChI=1S/C11H16BrN3O/c12-10-4-1-3-9(7-10)8-15-11(16)14-6-2-5-13/h1,3-4,7H,2,5-6,8,13H2,(H2,14,15,16). The number of carbonyl (C=O) groups is 1. The molecule has 0 atom stereocenters. The van der Waals surface area contributed by atoms with Crippen LogP contribution in [0.25, 0.3) is 0 Å². The van der Waals surface area contributed by atoms with E-state index in [-0.39, 0.29) is 6.03 Å². The van der Waals surface area contributed by atoms with Crippen LogP contribution in [0, 0.1) is 0 Å². The Morgan fingerprint density at radius 3 is 2.88 bits per heavy atom. The highest BCUT2D eigenvalue weighted by Gasteiger charge is 1.99. The third-order valence-corrected chi connectivity index (χ3v) is 2.50. The van der Waals surface area contributed by atoms with Crippen LogP contribution in [-0.4, -0.2) is 19.1 Å². The van der Waals surface area contributed by atoms with Gasteiger partial charge in [-0.15, -0.1) is 0 Å². The molecule has 88 valence electrons. The Hall–Kier alpha value is -1.07. The molecule has 0 spiro atoms. The third-order valence-electron chi connectivity index (χ3n) is 2.01. The molecular formula is C11H16BrN3O. The molecule has 0 aliphatic carbocycles. The predicted octanol–water partition coefficient (Wildman–Crippen LogP) is 1.60. The van der Waals surface area contributed by atoms with Gasteiger partial charge in [0.2, 0.25) is 0 Å². The second kappa shape index (κ2) is 7.24. The van der Waals surface area contributed by atoms with Gasteiger partial charge in [-0.05, 0) is 30.7 Å². The Balaban J connectivity index is 2.26. The summed E-state index contributed by atoms with van der Waals surface area (Å²) >= 11 is 3.38.